The maximum absolute atomic E-state index is 11.7. The minimum absolute atomic E-state index is 0.0164. The summed E-state index contributed by atoms with van der Waals surface area (Å²) in [6.45, 7) is 1.84. The van der Waals surface area contributed by atoms with Gasteiger partial charge in [-0.05, 0) is 0 Å². The van der Waals surface area contributed by atoms with Gasteiger partial charge in [-0.1, -0.05) is 0 Å². The molecule has 5 nitrogen and oxygen atoms in total. The van der Waals surface area contributed by atoms with Crippen molar-refractivity contribution in [2.24, 2.45) is 0 Å². The minimum Gasteiger partial charge on any atom is -0.394 e. The van der Waals surface area contributed by atoms with Crippen molar-refractivity contribution in [3.05, 3.63) is 0 Å². The highest BCUT2D eigenvalue weighted by Crippen LogP contribution is 2.18. The Morgan fingerprint density at radius 1 is 0.632 bits per heavy atom. The second-order valence-electron chi connectivity index (χ2n) is 3.54. The molecule has 0 saturated heterocycles. The molecule has 0 fully saturated rings. The third kappa shape index (κ3) is 17.6. The van der Waals surface area contributed by atoms with E-state index in [4.69, 9.17) is 24.1 Å². The summed E-state index contributed by atoms with van der Waals surface area (Å²) < 4.78 is 55.1. The maximum Gasteiger partial charge on any atom is 0.391 e. The normalized spacial score (nSPS) is 12.0. The number of aliphatic hydroxyl groups is 1. The van der Waals surface area contributed by atoms with Gasteiger partial charge in [0, 0.05) is 0 Å². The molecule has 116 valence electrons. The average Bonchev–Trinajstić information content (AvgIpc) is 2.34. The summed E-state index contributed by atoms with van der Waals surface area (Å²) in [5, 5.41) is 8.41. The first-order valence-electron chi connectivity index (χ1n) is 6.05. The van der Waals surface area contributed by atoms with E-state index >= 15 is 0 Å². The molecule has 0 radical (unpaired) electrons. The SMILES string of the molecule is OCCOCCOCCOCCOCCC(F)(F)F. The number of halogens is 3. The first kappa shape index (κ1) is 18.6. The maximum atomic E-state index is 11.7. The molecule has 0 aromatic rings. The van der Waals surface area contributed by atoms with E-state index in [0.717, 1.165) is 0 Å². The fraction of sp³-hybridized carbons (Fsp3) is 1.00. The summed E-state index contributed by atoms with van der Waals surface area (Å²) >= 11 is 0. The number of hydrogen-bond acceptors (Lipinski definition) is 5. The van der Waals surface area contributed by atoms with Crippen LogP contribution in [0.2, 0.25) is 0 Å². The first-order chi connectivity index (χ1) is 9.06. The molecule has 0 amide bonds. The number of rotatable bonds is 13. The zero-order chi connectivity index (χ0) is 14.4. The molecule has 0 aromatic heterocycles. The molecule has 0 rings (SSSR count). The molecule has 0 spiro atoms. The van der Waals surface area contributed by atoms with Crippen molar-refractivity contribution in [1.82, 2.24) is 0 Å². The molecule has 1 N–H and O–H groups in total. The zero-order valence-electron chi connectivity index (χ0n) is 10.8. The predicted molar refractivity (Wildman–Crippen MR) is 61.0 cm³/mol. The lowest BCUT2D eigenvalue weighted by Gasteiger charge is -2.08. The Bertz CT molecular complexity index is 190. The van der Waals surface area contributed by atoms with Crippen molar-refractivity contribution in [1.29, 1.82) is 0 Å². The van der Waals surface area contributed by atoms with E-state index < -0.39 is 12.6 Å². The van der Waals surface area contributed by atoms with Crippen LogP contribution in [0.1, 0.15) is 6.42 Å². The standard InChI is InChI=1S/C11H21F3O5/c12-11(13,14)1-3-16-5-7-18-9-10-19-8-6-17-4-2-15/h15H,1-10H2. The molecule has 0 aliphatic heterocycles. The van der Waals surface area contributed by atoms with Crippen LogP contribution in [-0.4, -0.2) is 70.7 Å². The van der Waals surface area contributed by atoms with Gasteiger partial charge in [0.05, 0.1) is 65.9 Å². The lowest BCUT2D eigenvalue weighted by atomic mass is 10.4. The van der Waals surface area contributed by atoms with Crippen molar-refractivity contribution in [3.8, 4) is 0 Å². The van der Waals surface area contributed by atoms with E-state index in [2.05, 4.69) is 0 Å². The van der Waals surface area contributed by atoms with Gasteiger partial charge in [0.2, 0.25) is 0 Å². The van der Waals surface area contributed by atoms with Gasteiger partial charge >= 0.3 is 6.18 Å². The van der Waals surface area contributed by atoms with Crippen molar-refractivity contribution in [3.63, 3.8) is 0 Å². The third-order valence-corrected chi connectivity index (χ3v) is 1.88. The van der Waals surface area contributed by atoms with Gasteiger partial charge in [-0.2, -0.15) is 13.2 Å². The highest BCUT2D eigenvalue weighted by atomic mass is 19.4. The minimum atomic E-state index is -4.17. The Kier molecular flexibility index (Phi) is 12.3. The second-order valence-corrected chi connectivity index (χ2v) is 3.54. The van der Waals surface area contributed by atoms with Crippen LogP contribution in [0.3, 0.4) is 0 Å². The molecule has 8 heteroatoms. The predicted octanol–water partition coefficient (Wildman–Crippen LogP) is 0.997. The monoisotopic (exact) mass is 290 g/mol. The fourth-order valence-electron chi connectivity index (χ4n) is 1.01. The van der Waals surface area contributed by atoms with Crippen LogP contribution >= 0.6 is 0 Å². The topological polar surface area (TPSA) is 57.2 Å². The zero-order valence-corrected chi connectivity index (χ0v) is 10.8. The van der Waals surface area contributed by atoms with E-state index in [1.54, 1.807) is 0 Å². The fourth-order valence-corrected chi connectivity index (χ4v) is 1.01. The Hall–Kier alpha value is -0.410. The molecule has 0 aliphatic rings. The first-order valence-corrected chi connectivity index (χ1v) is 6.05. The number of ether oxygens (including phenoxy) is 4. The van der Waals surface area contributed by atoms with Gasteiger partial charge in [0.25, 0.3) is 0 Å². The van der Waals surface area contributed by atoms with Crippen LogP contribution < -0.4 is 0 Å². The van der Waals surface area contributed by atoms with Crippen molar-refractivity contribution in [2.45, 2.75) is 12.6 Å². The largest absolute Gasteiger partial charge is 0.394 e. The summed E-state index contributed by atoms with van der Waals surface area (Å²) in [5.74, 6) is 0. The molecule has 0 saturated carbocycles. The summed E-state index contributed by atoms with van der Waals surface area (Å²) in [6.07, 6.45) is -5.11. The second kappa shape index (κ2) is 12.6. The van der Waals surface area contributed by atoms with Gasteiger partial charge in [-0.25, -0.2) is 0 Å². The van der Waals surface area contributed by atoms with E-state index in [9.17, 15) is 13.2 Å². The van der Waals surface area contributed by atoms with E-state index in [0.29, 0.717) is 26.4 Å². The molecule has 19 heavy (non-hydrogen) atoms. The number of hydrogen-bond donors (Lipinski definition) is 1. The summed E-state index contributed by atoms with van der Waals surface area (Å²) in [4.78, 5) is 0. The Balaban J connectivity index is 2.99. The highest BCUT2D eigenvalue weighted by molar-refractivity contribution is 4.47. The molecule has 0 unspecified atom stereocenters. The van der Waals surface area contributed by atoms with Crippen molar-refractivity contribution >= 4 is 0 Å². The molecule has 0 bridgehead atoms. The van der Waals surface area contributed by atoms with Crippen LogP contribution in [0.4, 0.5) is 13.2 Å². The van der Waals surface area contributed by atoms with Gasteiger partial charge in [-0.15, -0.1) is 0 Å². The van der Waals surface area contributed by atoms with Crippen molar-refractivity contribution < 1.29 is 37.2 Å². The van der Waals surface area contributed by atoms with Gasteiger partial charge < -0.3 is 24.1 Å². The summed E-state index contributed by atoms with van der Waals surface area (Å²) in [7, 11) is 0. The number of aliphatic hydroxyl groups excluding tert-OH is 1. The molecule has 0 aliphatic carbocycles. The van der Waals surface area contributed by atoms with Gasteiger partial charge in [0.1, 0.15) is 0 Å². The van der Waals surface area contributed by atoms with Crippen LogP contribution in [0.5, 0.6) is 0 Å². The van der Waals surface area contributed by atoms with E-state index in [1.807, 2.05) is 0 Å². The van der Waals surface area contributed by atoms with Crippen LogP contribution in [0.15, 0.2) is 0 Å². The van der Waals surface area contributed by atoms with E-state index in [-0.39, 0.29) is 33.0 Å². The van der Waals surface area contributed by atoms with E-state index in [1.165, 1.54) is 0 Å². The lowest BCUT2D eigenvalue weighted by Crippen LogP contribution is -2.15. The molecule has 0 aromatic carbocycles. The van der Waals surface area contributed by atoms with Gasteiger partial charge in [-0.3, -0.25) is 0 Å². The van der Waals surface area contributed by atoms with Gasteiger partial charge in [0.15, 0.2) is 0 Å². The smallest absolute Gasteiger partial charge is 0.391 e. The summed E-state index contributed by atoms with van der Waals surface area (Å²) in [6, 6.07) is 0. The third-order valence-electron chi connectivity index (χ3n) is 1.88. The Morgan fingerprint density at radius 2 is 1.00 bits per heavy atom. The quantitative estimate of drug-likeness (QED) is 0.513. The molecule has 0 heterocycles. The van der Waals surface area contributed by atoms with Crippen LogP contribution in [-0.2, 0) is 18.9 Å². The summed E-state index contributed by atoms with van der Waals surface area (Å²) in [5.41, 5.74) is 0. The Labute approximate surface area is 110 Å². The molecule has 0 atom stereocenters. The average molecular weight is 290 g/mol. The molecular formula is C11H21F3O5. The number of alkyl halides is 3. The van der Waals surface area contributed by atoms with Crippen molar-refractivity contribution in [2.75, 3.05) is 59.5 Å². The van der Waals surface area contributed by atoms with Crippen LogP contribution in [0.25, 0.3) is 0 Å². The van der Waals surface area contributed by atoms with Crippen LogP contribution in [0, 0.1) is 0 Å². The lowest BCUT2D eigenvalue weighted by molar-refractivity contribution is -0.146. The highest BCUT2D eigenvalue weighted by Gasteiger charge is 2.26. The Morgan fingerprint density at radius 3 is 1.37 bits per heavy atom. The molecular weight excluding hydrogens is 269 g/mol.